The quantitative estimate of drug-likeness (QED) is 0.760. The van der Waals surface area contributed by atoms with Crippen LogP contribution in [0.4, 0.5) is 0 Å². The van der Waals surface area contributed by atoms with Gasteiger partial charge in [0, 0.05) is 35.7 Å². The van der Waals surface area contributed by atoms with E-state index >= 15 is 0 Å². The summed E-state index contributed by atoms with van der Waals surface area (Å²) in [7, 11) is 0. The molecule has 0 aliphatic heterocycles. The van der Waals surface area contributed by atoms with E-state index in [1.807, 2.05) is 30.3 Å². The van der Waals surface area contributed by atoms with Gasteiger partial charge in [-0.25, -0.2) is 0 Å². The molecule has 0 heterocycles. The van der Waals surface area contributed by atoms with Crippen molar-refractivity contribution in [3.8, 4) is 0 Å². The van der Waals surface area contributed by atoms with Crippen LogP contribution in [0.15, 0.2) is 59.5 Å². The summed E-state index contributed by atoms with van der Waals surface area (Å²) in [5, 5.41) is 5.98. The van der Waals surface area contributed by atoms with Gasteiger partial charge in [-0.05, 0) is 29.8 Å². The largest absolute Gasteiger partial charge is 0.352 e. The Hall–Kier alpha value is -2.27. The van der Waals surface area contributed by atoms with E-state index in [2.05, 4.69) is 29.7 Å². The van der Waals surface area contributed by atoms with Crippen LogP contribution in [-0.4, -0.2) is 23.6 Å². The molecule has 0 saturated carbocycles. The molecule has 0 fully saturated rings. The SMILES string of the molecule is CC(=O)NCc1ccc(C(=O)NCC(C)Sc2ccccc2)cc1. The van der Waals surface area contributed by atoms with Crippen LogP contribution in [-0.2, 0) is 11.3 Å². The molecule has 1 unspecified atom stereocenters. The molecule has 4 nitrogen and oxygen atoms in total. The zero-order valence-corrected chi connectivity index (χ0v) is 14.7. The smallest absolute Gasteiger partial charge is 0.251 e. The molecule has 2 aromatic carbocycles. The van der Waals surface area contributed by atoms with Crippen molar-refractivity contribution >= 4 is 23.6 Å². The van der Waals surface area contributed by atoms with Gasteiger partial charge in [0.25, 0.3) is 5.91 Å². The van der Waals surface area contributed by atoms with Crippen LogP contribution in [0, 0.1) is 0 Å². The van der Waals surface area contributed by atoms with E-state index in [1.165, 1.54) is 11.8 Å². The van der Waals surface area contributed by atoms with Crippen molar-refractivity contribution < 1.29 is 9.59 Å². The molecule has 1 atom stereocenters. The van der Waals surface area contributed by atoms with Crippen LogP contribution >= 0.6 is 11.8 Å². The Kier molecular flexibility index (Phi) is 6.88. The van der Waals surface area contributed by atoms with Crippen LogP contribution in [0.3, 0.4) is 0 Å². The van der Waals surface area contributed by atoms with E-state index in [-0.39, 0.29) is 17.1 Å². The van der Waals surface area contributed by atoms with Crippen molar-refractivity contribution in [2.45, 2.75) is 30.5 Å². The molecule has 0 spiro atoms. The minimum atomic E-state index is -0.0819. The first-order valence-electron chi connectivity index (χ1n) is 7.88. The van der Waals surface area contributed by atoms with Crippen molar-refractivity contribution in [3.63, 3.8) is 0 Å². The Bertz CT molecular complexity index is 672. The molecule has 0 radical (unpaired) electrons. The molecule has 0 saturated heterocycles. The van der Waals surface area contributed by atoms with Crippen molar-refractivity contribution in [2.75, 3.05) is 6.54 Å². The molecule has 5 heteroatoms. The van der Waals surface area contributed by atoms with E-state index in [0.29, 0.717) is 18.7 Å². The van der Waals surface area contributed by atoms with Gasteiger partial charge in [-0.2, -0.15) is 0 Å². The summed E-state index contributed by atoms with van der Waals surface area (Å²) >= 11 is 1.74. The van der Waals surface area contributed by atoms with Crippen LogP contribution < -0.4 is 10.6 Å². The Morgan fingerprint density at radius 1 is 1.00 bits per heavy atom. The van der Waals surface area contributed by atoms with Crippen LogP contribution in [0.2, 0.25) is 0 Å². The maximum absolute atomic E-state index is 12.2. The normalized spacial score (nSPS) is 11.6. The second-order valence-electron chi connectivity index (χ2n) is 5.56. The highest BCUT2D eigenvalue weighted by Gasteiger charge is 2.09. The van der Waals surface area contributed by atoms with Gasteiger partial charge in [-0.3, -0.25) is 9.59 Å². The highest BCUT2D eigenvalue weighted by atomic mass is 32.2. The van der Waals surface area contributed by atoms with Crippen molar-refractivity contribution in [1.29, 1.82) is 0 Å². The predicted molar refractivity (Wildman–Crippen MR) is 98.1 cm³/mol. The fourth-order valence-electron chi connectivity index (χ4n) is 2.11. The third-order valence-electron chi connectivity index (χ3n) is 3.39. The van der Waals surface area contributed by atoms with Gasteiger partial charge in [-0.15, -0.1) is 11.8 Å². The number of thioether (sulfide) groups is 1. The lowest BCUT2D eigenvalue weighted by molar-refractivity contribution is -0.119. The van der Waals surface area contributed by atoms with Gasteiger partial charge < -0.3 is 10.6 Å². The summed E-state index contributed by atoms with van der Waals surface area (Å²) in [6.45, 7) is 4.65. The lowest BCUT2D eigenvalue weighted by Gasteiger charge is -2.12. The topological polar surface area (TPSA) is 58.2 Å². The molecule has 2 amide bonds. The first kappa shape index (κ1) is 18.1. The van der Waals surface area contributed by atoms with E-state index in [1.54, 1.807) is 23.9 Å². The fraction of sp³-hybridized carbons (Fsp3) is 0.263. The average Bonchev–Trinajstić information content (AvgIpc) is 2.59. The third kappa shape index (κ3) is 6.08. The first-order valence-corrected chi connectivity index (χ1v) is 8.76. The fourth-order valence-corrected chi connectivity index (χ4v) is 3.06. The molecule has 0 aliphatic rings. The number of carbonyl (C=O) groups excluding carboxylic acids is 2. The summed E-state index contributed by atoms with van der Waals surface area (Å²) < 4.78 is 0. The Labute approximate surface area is 147 Å². The number of carbonyl (C=O) groups is 2. The van der Waals surface area contributed by atoms with Gasteiger partial charge in [0.1, 0.15) is 0 Å². The number of amides is 2. The zero-order chi connectivity index (χ0) is 17.4. The van der Waals surface area contributed by atoms with Gasteiger partial charge >= 0.3 is 0 Å². The van der Waals surface area contributed by atoms with Crippen LogP contribution in [0.25, 0.3) is 0 Å². The Balaban J connectivity index is 1.80. The van der Waals surface area contributed by atoms with Crippen LogP contribution in [0.5, 0.6) is 0 Å². The van der Waals surface area contributed by atoms with Crippen LogP contribution in [0.1, 0.15) is 29.8 Å². The molecule has 2 rings (SSSR count). The lowest BCUT2D eigenvalue weighted by atomic mass is 10.1. The monoisotopic (exact) mass is 342 g/mol. The maximum Gasteiger partial charge on any atom is 0.251 e. The number of benzene rings is 2. The highest BCUT2D eigenvalue weighted by Crippen LogP contribution is 2.22. The zero-order valence-electron chi connectivity index (χ0n) is 13.9. The maximum atomic E-state index is 12.2. The summed E-state index contributed by atoms with van der Waals surface area (Å²) in [5.74, 6) is -0.150. The van der Waals surface area contributed by atoms with Gasteiger partial charge in [0.05, 0.1) is 0 Å². The van der Waals surface area contributed by atoms with Crippen molar-refractivity contribution in [2.24, 2.45) is 0 Å². The number of hydrogen-bond acceptors (Lipinski definition) is 3. The second kappa shape index (κ2) is 9.13. The molecule has 126 valence electrons. The van der Waals surface area contributed by atoms with E-state index in [4.69, 9.17) is 0 Å². The minimum Gasteiger partial charge on any atom is -0.352 e. The molecular weight excluding hydrogens is 320 g/mol. The highest BCUT2D eigenvalue weighted by molar-refractivity contribution is 8.00. The minimum absolute atomic E-state index is 0.0678. The lowest BCUT2D eigenvalue weighted by Crippen LogP contribution is -2.29. The van der Waals surface area contributed by atoms with Gasteiger partial charge in [0.15, 0.2) is 0 Å². The summed E-state index contributed by atoms with van der Waals surface area (Å²) in [4.78, 5) is 24.3. The predicted octanol–water partition coefficient (Wildman–Crippen LogP) is 3.23. The summed E-state index contributed by atoms with van der Waals surface area (Å²) in [5.41, 5.74) is 1.59. The second-order valence-corrected chi connectivity index (χ2v) is 7.07. The number of nitrogens with one attached hydrogen (secondary N) is 2. The van der Waals surface area contributed by atoms with Crippen molar-refractivity contribution in [3.05, 3.63) is 65.7 Å². The molecule has 2 aromatic rings. The van der Waals surface area contributed by atoms with E-state index in [0.717, 1.165) is 5.56 Å². The standard InChI is InChI=1S/C19H22N2O2S/c1-14(24-18-6-4-3-5-7-18)12-21-19(23)17-10-8-16(9-11-17)13-20-15(2)22/h3-11,14H,12-13H2,1-2H3,(H,20,22)(H,21,23). The Morgan fingerprint density at radius 2 is 1.67 bits per heavy atom. The van der Waals surface area contributed by atoms with Gasteiger partial charge in [0.2, 0.25) is 5.91 Å². The molecule has 0 bridgehead atoms. The average molecular weight is 342 g/mol. The third-order valence-corrected chi connectivity index (χ3v) is 4.50. The molecule has 0 aromatic heterocycles. The summed E-state index contributed by atoms with van der Waals surface area (Å²) in [6, 6.07) is 17.4. The van der Waals surface area contributed by atoms with Gasteiger partial charge in [-0.1, -0.05) is 37.3 Å². The summed E-state index contributed by atoms with van der Waals surface area (Å²) in [6.07, 6.45) is 0. The van der Waals surface area contributed by atoms with E-state index < -0.39 is 0 Å². The number of hydrogen-bond donors (Lipinski definition) is 2. The molecule has 2 N–H and O–H groups in total. The molecule has 0 aliphatic carbocycles. The van der Waals surface area contributed by atoms with E-state index in [9.17, 15) is 9.59 Å². The Morgan fingerprint density at radius 3 is 2.29 bits per heavy atom. The van der Waals surface area contributed by atoms with Crippen molar-refractivity contribution in [1.82, 2.24) is 10.6 Å². The molecule has 24 heavy (non-hydrogen) atoms. The molecular formula is C19H22N2O2S. The first-order chi connectivity index (χ1) is 11.5. The number of rotatable bonds is 7.